The number of amides is 2. The van der Waals surface area contributed by atoms with Crippen molar-refractivity contribution >= 4 is 17.7 Å². The van der Waals surface area contributed by atoms with E-state index in [-0.39, 0.29) is 24.1 Å². The minimum Gasteiger partial charge on any atom is -0.444 e. The predicted molar refractivity (Wildman–Crippen MR) is 119 cm³/mol. The average molecular weight is 417 g/mol. The van der Waals surface area contributed by atoms with Gasteiger partial charge in [0, 0.05) is 37.9 Å². The molecule has 2 fully saturated rings. The van der Waals surface area contributed by atoms with Crippen molar-refractivity contribution in [3.05, 3.63) is 30.3 Å². The highest BCUT2D eigenvalue weighted by atomic mass is 16.6. The Bertz CT molecular complexity index is 696. The first-order valence-electron chi connectivity index (χ1n) is 11.1. The van der Waals surface area contributed by atoms with Gasteiger partial charge in [-0.05, 0) is 64.5 Å². The maximum atomic E-state index is 12.9. The van der Waals surface area contributed by atoms with Gasteiger partial charge in [0.05, 0.1) is 0 Å². The first kappa shape index (κ1) is 22.4. The lowest BCUT2D eigenvalue weighted by Crippen LogP contribution is -2.58. The molecule has 1 saturated carbocycles. The average Bonchev–Trinajstić information content (AvgIpc) is 2.72. The molecule has 1 saturated heterocycles. The van der Waals surface area contributed by atoms with E-state index in [1.54, 1.807) is 0 Å². The Morgan fingerprint density at radius 2 is 1.83 bits per heavy atom. The van der Waals surface area contributed by atoms with Crippen LogP contribution in [0.5, 0.6) is 0 Å². The summed E-state index contributed by atoms with van der Waals surface area (Å²) in [5, 5.41) is 9.49. The highest BCUT2D eigenvalue weighted by Crippen LogP contribution is 2.24. The zero-order valence-corrected chi connectivity index (χ0v) is 18.4. The minimum absolute atomic E-state index is 0.0834. The van der Waals surface area contributed by atoms with Crippen molar-refractivity contribution in [1.82, 2.24) is 16.0 Å². The van der Waals surface area contributed by atoms with Gasteiger partial charge in [-0.2, -0.15) is 0 Å². The molecule has 1 aliphatic carbocycles. The third-order valence-corrected chi connectivity index (χ3v) is 5.77. The Hall–Kier alpha value is -2.28. The summed E-state index contributed by atoms with van der Waals surface area (Å²) < 4.78 is 5.34. The number of nitrogens with zero attached hydrogens (tertiary/aromatic N) is 1. The fourth-order valence-electron chi connectivity index (χ4n) is 4.21. The Labute approximate surface area is 179 Å². The summed E-state index contributed by atoms with van der Waals surface area (Å²) in [5.74, 6) is 0.535. The maximum absolute atomic E-state index is 12.9. The molecule has 3 rings (SSSR count). The van der Waals surface area contributed by atoms with Gasteiger partial charge in [0.25, 0.3) is 0 Å². The Kier molecular flexibility index (Phi) is 7.58. The van der Waals surface area contributed by atoms with Gasteiger partial charge in [-0.1, -0.05) is 18.2 Å². The standard InChI is InChI=1S/C23H36N4O3/c1-23(2,3)30-22(29)26-18-11-9-17(10-12-18)15-25-21(28)20-16-24-13-14-27(20)19-7-5-4-6-8-19/h4-8,17-18,20,24H,9-16H2,1-3H3,(H,25,28)(H,26,29)/t17?,18?,20-/m1/s1. The van der Waals surface area contributed by atoms with Crippen molar-refractivity contribution in [2.45, 2.75) is 64.1 Å². The summed E-state index contributed by atoms with van der Waals surface area (Å²) in [6.45, 7) is 8.66. The number of anilines is 1. The number of nitrogens with one attached hydrogen (secondary N) is 3. The molecular formula is C23H36N4O3. The molecule has 1 aromatic carbocycles. The lowest BCUT2D eigenvalue weighted by molar-refractivity contribution is -0.122. The molecule has 1 aromatic rings. The van der Waals surface area contributed by atoms with E-state index >= 15 is 0 Å². The Balaban J connectivity index is 1.42. The minimum atomic E-state index is -0.479. The number of alkyl carbamates (subject to hydrolysis) is 1. The molecule has 0 unspecified atom stereocenters. The van der Waals surface area contributed by atoms with Crippen LogP contribution in [0.4, 0.5) is 10.5 Å². The lowest BCUT2D eigenvalue weighted by Gasteiger charge is -2.37. The van der Waals surface area contributed by atoms with Gasteiger partial charge < -0.3 is 25.6 Å². The summed E-state index contributed by atoms with van der Waals surface area (Å²) >= 11 is 0. The van der Waals surface area contributed by atoms with Crippen LogP contribution in [0, 0.1) is 5.92 Å². The molecule has 0 bridgehead atoms. The Morgan fingerprint density at radius 3 is 2.50 bits per heavy atom. The van der Waals surface area contributed by atoms with Crippen LogP contribution in [0.15, 0.2) is 30.3 Å². The largest absolute Gasteiger partial charge is 0.444 e. The van der Waals surface area contributed by atoms with Gasteiger partial charge in [-0.3, -0.25) is 4.79 Å². The zero-order chi connectivity index (χ0) is 21.6. The van der Waals surface area contributed by atoms with Crippen molar-refractivity contribution in [3.8, 4) is 0 Å². The number of ether oxygens (including phenoxy) is 1. The summed E-state index contributed by atoms with van der Waals surface area (Å²) in [7, 11) is 0. The summed E-state index contributed by atoms with van der Waals surface area (Å²) in [6.07, 6.45) is 3.48. The molecule has 0 radical (unpaired) electrons. The van der Waals surface area contributed by atoms with Gasteiger partial charge in [0.2, 0.25) is 5.91 Å². The van der Waals surface area contributed by atoms with Crippen LogP contribution in [-0.2, 0) is 9.53 Å². The second-order valence-electron chi connectivity index (χ2n) is 9.36. The number of benzene rings is 1. The molecule has 7 nitrogen and oxygen atoms in total. The molecule has 2 aliphatic rings. The first-order chi connectivity index (χ1) is 14.3. The van der Waals surface area contributed by atoms with Gasteiger partial charge in [0.1, 0.15) is 11.6 Å². The number of carbonyl (C=O) groups is 2. The molecule has 7 heteroatoms. The second kappa shape index (κ2) is 10.2. The molecular weight excluding hydrogens is 380 g/mol. The van der Waals surface area contributed by atoms with Crippen molar-refractivity contribution in [2.75, 3.05) is 31.1 Å². The monoisotopic (exact) mass is 416 g/mol. The fraction of sp³-hybridized carbons (Fsp3) is 0.652. The van der Waals surface area contributed by atoms with Crippen LogP contribution in [0.2, 0.25) is 0 Å². The normalized spacial score (nSPS) is 24.8. The smallest absolute Gasteiger partial charge is 0.407 e. The first-order valence-corrected chi connectivity index (χ1v) is 11.1. The number of rotatable bonds is 5. The van der Waals surface area contributed by atoms with Gasteiger partial charge in [-0.25, -0.2) is 4.79 Å². The number of carbonyl (C=O) groups excluding carboxylic acids is 2. The van der Waals surface area contributed by atoms with Crippen LogP contribution in [-0.4, -0.2) is 55.9 Å². The lowest BCUT2D eigenvalue weighted by atomic mass is 9.86. The number of hydrogen-bond acceptors (Lipinski definition) is 5. The van der Waals surface area contributed by atoms with Crippen LogP contribution in [0.25, 0.3) is 0 Å². The molecule has 1 atom stereocenters. The van der Waals surface area contributed by atoms with Crippen LogP contribution in [0.1, 0.15) is 46.5 Å². The van der Waals surface area contributed by atoms with E-state index in [0.717, 1.165) is 44.5 Å². The molecule has 2 amide bonds. The fourth-order valence-corrected chi connectivity index (χ4v) is 4.21. The predicted octanol–water partition coefficient (Wildman–Crippen LogP) is 2.66. The third-order valence-electron chi connectivity index (χ3n) is 5.77. The van der Waals surface area contributed by atoms with Crippen LogP contribution in [0.3, 0.4) is 0 Å². The number of para-hydroxylation sites is 1. The molecule has 166 valence electrons. The SMILES string of the molecule is CC(C)(C)OC(=O)NC1CCC(CNC(=O)[C@H]2CNCCN2c2ccccc2)CC1. The van der Waals surface area contributed by atoms with Crippen molar-refractivity contribution in [1.29, 1.82) is 0 Å². The van der Waals surface area contributed by atoms with E-state index in [4.69, 9.17) is 4.74 Å². The van der Waals surface area contributed by atoms with E-state index in [0.29, 0.717) is 19.0 Å². The van der Waals surface area contributed by atoms with Crippen molar-refractivity contribution in [3.63, 3.8) is 0 Å². The molecule has 0 spiro atoms. The molecule has 1 aliphatic heterocycles. The summed E-state index contributed by atoms with van der Waals surface area (Å²) in [5.41, 5.74) is 0.612. The van der Waals surface area contributed by atoms with E-state index in [1.807, 2.05) is 39.0 Å². The zero-order valence-electron chi connectivity index (χ0n) is 18.4. The van der Waals surface area contributed by atoms with E-state index in [9.17, 15) is 9.59 Å². The topological polar surface area (TPSA) is 82.7 Å². The summed E-state index contributed by atoms with van der Waals surface area (Å²) in [4.78, 5) is 27.0. The van der Waals surface area contributed by atoms with Crippen molar-refractivity contribution < 1.29 is 14.3 Å². The van der Waals surface area contributed by atoms with Crippen molar-refractivity contribution in [2.24, 2.45) is 5.92 Å². The van der Waals surface area contributed by atoms with Gasteiger partial charge in [0.15, 0.2) is 0 Å². The maximum Gasteiger partial charge on any atom is 0.407 e. The quantitative estimate of drug-likeness (QED) is 0.687. The molecule has 1 heterocycles. The van der Waals surface area contributed by atoms with E-state index in [2.05, 4.69) is 33.0 Å². The van der Waals surface area contributed by atoms with Crippen LogP contribution >= 0.6 is 0 Å². The van der Waals surface area contributed by atoms with E-state index < -0.39 is 5.60 Å². The van der Waals surface area contributed by atoms with Crippen LogP contribution < -0.4 is 20.9 Å². The third kappa shape index (κ3) is 6.62. The molecule has 3 N–H and O–H groups in total. The highest BCUT2D eigenvalue weighted by Gasteiger charge is 2.30. The van der Waals surface area contributed by atoms with Gasteiger partial charge >= 0.3 is 6.09 Å². The number of hydrogen-bond donors (Lipinski definition) is 3. The van der Waals surface area contributed by atoms with E-state index in [1.165, 1.54) is 0 Å². The molecule has 30 heavy (non-hydrogen) atoms. The second-order valence-corrected chi connectivity index (χ2v) is 9.36. The Morgan fingerprint density at radius 1 is 1.13 bits per heavy atom. The highest BCUT2D eigenvalue weighted by molar-refractivity contribution is 5.85. The molecule has 0 aromatic heterocycles. The number of piperazine rings is 1. The summed E-state index contributed by atoms with van der Waals surface area (Å²) in [6, 6.07) is 10.1. The van der Waals surface area contributed by atoms with Gasteiger partial charge in [-0.15, -0.1) is 0 Å².